The van der Waals surface area contributed by atoms with Gasteiger partial charge in [-0.3, -0.25) is 9.80 Å². The van der Waals surface area contributed by atoms with E-state index in [2.05, 4.69) is 9.64 Å². The van der Waals surface area contributed by atoms with Crippen molar-refractivity contribution in [2.45, 2.75) is 64.6 Å². The molecule has 2 bridgehead atoms. The van der Waals surface area contributed by atoms with Gasteiger partial charge in [-0.05, 0) is 87.7 Å². The molecule has 0 radical (unpaired) electrons. The van der Waals surface area contributed by atoms with Crippen LogP contribution in [0.4, 0.5) is 23.7 Å². The normalized spacial score (nSPS) is 18.5. The third kappa shape index (κ3) is 9.47. The monoisotopic (exact) mass is 793 g/mol. The summed E-state index contributed by atoms with van der Waals surface area (Å²) in [7, 11) is 0. The zero-order chi connectivity index (χ0) is 37.8. The third-order valence-corrected chi connectivity index (χ3v) is 10.7. The second-order valence-electron chi connectivity index (χ2n) is 13.0. The number of para-hydroxylation sites is 1. The molecule has 3 saturated heterocycles. The maximum absolute atomic E-state index is 15.1. The van der Waals surface area contributed by atoms with E-state index in [1.165, 1.54) is 47.4 Å². The van der Waals surface area contributed by atoms with Crippen LogP contribution in [0.25, 0.3) is 0 Å². The molecule has 2 aromatic heterocycles. The number of carbonyl (C=O) groups excluding carboxylic acids is 2. The van der Waals surface area contributed by atoms with Crippen molar-refractivity contribution < 1.29 is 46.4 Å². The Hall–Kier alpha value is -4.24. The number of alkyl halides is 2. The Bertz CT molecular complexity index is 1920. The number of aromatic nitrogens is 1. The zero-order valence-electron chi connectivity index (χ0n) is 28.7. The van der Waals surface area contributed by atoms with Crippen LogP contribution in [-0.4, -0.2) is 55.4 Å². The molecule has 5 heterocycles. The molecule has 4 aromatic rings. The fourth-order valence-electron chi connectivity index (χ4n) is 6.47. The predicted molar refractivity (Wildman–Crippen MR) is 192 cm³/mol. The molecule has 0 saturated carbocycles. The number of anilines is 1. The van der Waals surface area contributed by atoms with E-state index in [1.54, 1.807) is 26.0 Å². The van der Waals surface area contributed by atoms with Gasteiger partial charge in [0.25, 0.3) is 0 Å². The first-order chi connectivity index (χ1) is 25.3. The fourth-order valence-corrected chi connectivity index (χ4v) is 7.95. The zero-order valence-corrected chi connectivity index (χ0v) is 31.0. The van der Waals surface area contributed by atoms with Crippen LogP contribution in [0, 0.1) is 16.9 Å². The van der Waals surface area contributed by atoms with E-state index < -0.39 is 36.7 Å². The maximum Gasteiger partial charge on any atom is 0.415 e. The van der Waals surface area contributed by atoms with Crippen molar-refractivity contribution in [2.75, 3.05) is 24.5 Å². The molecular formula is C37H36Cl2F3N3O7S. The summed E-state index contributed by atoms with van der Waals surface area (Å²) in [5.41, 5.74) is 0.664. The molecular weight excluding hydrogens is 758 g/mol. The molecule has 282 valence electrons. The maximum atomic E-state index is 15.1. The number of hydrogen-bond donors (Lipinski definition) is 0. The standard InChI is InChI=1S/C37H36Cl2F3N3O7S/c1-21(2)49-32-15-23(7-9-30(32)51-36(41)42)31(16-25-26(38)18-44(48)19-27(25)39)50-35(46)34-10-8-24(53-34)17-45(29-6-4-3-5-28(29)40)37(47)52-33-20-43-13-11-22(33)12-14-43/h3-10,15,18-19,21-22,31,33,36H,11-14,16-17,20H2,1-2H3/t31-,33-/m0/s1. The van der Waals surface area contributed by atoms with E-state index >= 15 is 4.39 Å². The summed E-state index contributed by atoms with van der Waals surface area (Å²) in [5.74, 6) is -1.37. The number of benzene rings is 2. The van der Waals surface area contributed by atoms with Crippen molar-refractivity contribution in [3.05, 3.63) is 109 Å². The van der Waals surface area contributed by atoms with Gasteiger partial charge < -0.3 is 24.2 Å². The Morgan fingerprint density at radius 3 is 2.38 bits per heavy atom. The molecule has 0 spiro atoms. The SMILES string of the molecule is CC(C)Oc1cc([C@H](Cc2c(Cl)c[n+]([O-])cc2Cl)OC(=O)c2ccc(CN(C(=O)O[C@H]3CN4CCC3CC4)c3ccccc3F)s2)ccc1OC(F)F. The number of halogens is 5. The highest BCUT2D eigenvalue weighted by molar-refractivity contribution is 7.14. The Balaban J connectivity index is 1.26. The first-order valence-electron chi connectivity index (χ1n) is 16.9. The van der Waals surface area contributed by atoms with E-state index in [9.17, 15) is 23.6 Å². The minimum Gasteiger partial charge on any atom is -0.619 e. The summed E-state index contributed by atoms with van der Waals surface area (Å²) in [5, 5.41) is 12.0. The van der Waals surface area contributed by atoms with Crippen LogP contribution in [0.5, 0.6) is 11.5 Å². The van der Waals surface area contributed by atoms with Gasteiger partial charge in [0.2, 0.25) is 0 Å². The van der Waals surface area contributed by atoms with E-state index in [-0.39, 0.29) is 57.1 Å². The van der Waals surface area contributed by atoms with Crippen LogP contribution < -0.4 is 19.1 Å². The van der Waals surface area contributed by atoms with Crippen molar-refractivity contribution in [1.29, 1.82) is 0 Å². The number of amides is 1. The molecule has 2 aromatic carbocycles. The van der Waals surface area contributed by atoms with Gasteiger partial charge in [-0.15, -0.1) is 11.3 Å². The van der Waals surface area contributed by atoms with Crippen LogP contribution in [0.2, 0.25) is 10.0 Å². The summed E-state index contributed by atoms with van der Waals surface area (Å²) >= 11 is 13.8. The summed E-state index contributed by atoms with van der Waals surface area (Å²) in [4.78, 5) is 31.6. The molecule has 3 aliphatic heterocycles. The lowest BCUT2D eigenvalue weighted by Crippen LogP contribution is -2.53. The quantitative estimate of drug-likeness (QED) is 0.0754. The van der Waals surface area contributed by atoms with Crippen LogP contribution >= 0.6 is 34.5 Å². The number of pyridine rings is 1. The lowest BCUT2D eigenvalue weighted by molar-refractivity contribution is -0.605. The van der Waals surface area contributed by atoms with Gasteiger partial charge in [0, 0.05) is 23.4 Å². The number of rotatable bonds is 13. The van der Waals surface area contributed by atoms with Crippen LogP contribution in [0.1, 0.15) is 58.5 Å². The molecule has 0 unspecified atom stereocenters. The lowest BCUT2D eigenvalue weighted by Gasteiger charge is -2.44. The van der Waals surface area contributed by atoms with Gasteiger partial charge in [-0.25, -0.2) is 14.0 Å². The average Bonchev–Trinajstić information content (AvgIpc) is 3.58. The van der Waals surface area contributed by atoms with Crippen molar-refractivity contribution >= 4 is 52.3 Å². The van der Waals surface area contributed by atoms with Crippen LogP contribution in [0.3, 0.4) is 0 Å². The first-order valence-corrected chi connectivity index (χ1v) is 18.5. The molecule has 1 amide bonds. The molecule has 7 rings (SSSR count). The lowest BCUT2D eigenvalue weighted by atomic mass is 9.86. The Labute approximate surface area is 318 Å². The number of ether oxygens (including phenoxy) is 4. The van der Waals surface area contributed by atoms with Gasteiger partial charge in [-0.2, -0.15) is 13.5 Å². The first kappa shape index (κ1) is 38.5. The van der Waals surface area contributed by atoms with Gasteiger partial charge in [0.1, 0.15) is 32.9 Å². The Kier molecular flexibility index (Phi) is 12.2. The molecule has 0 N–H and O–H groups in total. The third-order valence-electron chi connectivity index (χ3n) is 9.00. The minimum atomic E-state index is -3.12. The number of carbonyl (C=O) groups is 2. The number of hydrogen-bond acceptors (Lipinski definition) is 9. The van der Waals surface area contributed by atoms with Crippen molar-refractivity contribution in [3.8, 4) is 11.5 Å². The number of esters is 1. The molecule has 0 aliphatic carbocycles. The second kappa shape index (κ2) is 16.8. The van der Waals surface area contributed by atoms with E-state index in [1.807, 2.05) is 0 Å². The smallest absolute Gasteiger partial charge is 0.415 e. The average molecular weight is 795 g/mol. The highest BCUT2D eigenvalue weighted by Crippen LogP contribution is 2.38. The van der Waals surface area contributed by atoms with E-state index in [0.717, 1.165) is 49.7 Å². The predicted octanol–water partition coefficient (Wildman–Crippen LogP) is 8.59. The van der Waals surface area contributed by atoms with Crippen LogP contribution in [-0.2, 0) is 22.4 Å². The largest absolute Gasteiger partial charge is 0.619 e. The highest BCUT2D eigenvalue weighted by Gasteiger charge is 2.38. The van der Waals surface area contributed by atoms with Gasteiger partial charge >= 0.3 is 18.7 Å². The number of piperidine rings is 3. The molecule has 2 atom stereocenters. The number of nitrogens with zero attached hydrogens (tertiary/aromatic N) is 3. The molecule has 10 nitrogen and oxygen atoms in total. The summed E-state index contributed by atoms with van der Waals surface area (Å²) < 4.78 is 64.3. The highest BCUT2D eigenvalue weighted by atomic mass is 35.5. The van der Waals surface area contributed by atoms with E-state index in [4.69, 9.17) is 37.4 Å². The number of fused-ring (bicyclic) bond motifs is 3. The number of thiophene rings is 1. The van der Waals surface area contributed by atoms with Gasteiger partial charge in [0.05, 0.1) is 18.3 Å². The van der Waals surface area contributed by atoms with Crippen LogP contribution in [0.15, 0.2) is 67.0 Å². The summed E-state index contributed by atoms with van der Waals surface area (Å²) in [6.07, 6.45) is 1.42. The molecule has 3 fully saturated rings. The molecule has 3 aliphatic rings. The van der Waals surface area contributed by atoms with E-state index in [0.29, 0.717) is 27.3 Å². The Morgan fingerprint density at radius 1 is 1.02 bits per heavy atom. The second-order valence-corrected chi connectivity index (χ2v) is 15.0. The minimum absolute atomic E-state index is 0.0154. The van der Waals surface area contributed by atoms with Crippen molar-refractivity contribution in [2.24, 2.45) is 5.92 Å². The molecule has 16 heteroatoms. The van der Waals surface area contributed by atoms with Gasteiger partial charge in [0.15, 0.2) is 23.9 Å². The van der Waals surface area contributed by atoms with Crippen molar-refractivity contribution in [1.82, 2.24) is 4.90 Å². The summed E-state index contributed by atoms with van der Waals surface area (Å²) in [6.45, 7) is 2.75. The topological polar surface area (TPSA) is 104 Å². The summed E-state index contributed by atoms with van der Waals surface area (Å²) in [6, 6.07) is 13.2. The molecule has 53 heavy (non-hydrogen) atoms. The van der Waals surface area contributed by atoms with Gasteiger partial charge in [-0.1, -0.05) is 41.4 Å². The van der Waals surface area contributed by atoms with Crippen molar-refractivity contribution in [3.63, 3.8) is 0 Å². The Morgan fingerprint density at radius 2 is 1.74 bits per heavy atom. The fraction of sp³-hybridized carbons (Fsp3) is 0.378.